The van der Waals surface area contributed by atoms with Gasteiger partial charge in [0, 0.05) is 26.2 Å². The average molecular weight is 148 g/mol. The molecule has 0 aromatic carbocycles. The lowest BCUT2D eigenvalue weighted by Gasteiger charge is -2.29. The Labute approximate surface area is 61.1 Å². The third-order valence-corrected chi connectivity index (χ3v) is 1.81. The Kier molecular flexibility index (Phi) is 2.78. The van der Waals surface area contributed by atoms with Gasteiger partial charge in [-0.1, -0.05) is 0 Å². The molecule has 0 atom stereocenters. The molecule has 1 fully saturated rings. The molecule has 0 unspecified atom stereocenters. The Morgan fingerprint density at radius 2 is 1.78 bits per heavy atom. The Morgan fingerprint density at radius 3 is 2.22 bits per heavy atom. The Balaban J connectivity index is 2.18. The van der Waals surface area contributed by atoms with E-state index in [4.69, 9.17) is 4.28 Å². The maximum absolute atomic E-state index is 4.74. The molecule has 0 amide bonds. The number of hydrogen-bond donors (Lipinski definition) is 1. The molecule has 54 valence electrons. The van der Waals surface area contributed by atoms with E-state index in [0.29, 0.717) is 0 Å². The second kappa shape index (κ2) is 3.41. The van der Waals surface area contributed by atoms with Gasteiger partial charge in [-0.2, -0.15) is 5.06 Å². The molecule has 0 N–H and O–H groups in total. The van der Waals surface area contributed by atoms with Gasteiger partial charge in [0.05, 0.1) is 0 Å². The number of likely N-dealkylation sites (N-methyl/N-ethyl adjacent to an activating group) is 1. The molecule has 3 nitrogen and oxygen atoms in total. The third-order valence-electron chi connectivity index (χ3n) is 1.58. The van der Waals surface area contributed by atoms with Crippen LogP contribution in [0.3, 0.4) is 0 Å². The van der Waals surface area contributed by atoms with E-state index in [9.17, 15) is 0 Å². The van der Waals surface area contributed by atoms with Crippen LogP contribution in [0.4, 0.5) is 0 Å². The maximum Gasteiger partial charge on any atom is 0.0380 e. The lowest BCUT2D eigenvalue weighted by atomic mass is 10.4. The average Bonchev–Trinajstić information content (AvgIpc) is 1.90. The highest BCUT2D eigenvalue weighted by molar-refractivity contribution is 7.75. The summed E-state index contributed by atoms with van der Waals surface area (Å²) in [6.45, 7) is 4.06. The minimum absolute atomic E-state index is 0.958. The Bertz CT molecular complexity index is 83.0. The van der Waals surface area contributed by atoms with Crippen molar-refractivity contribution in [2.45, 2.75) is 0 Å². The van der Waals surface area contributed by atoms with Gasteiger partial charge in [-0.05, 0) is 20.0 Å². The summed E-state index contributed by atoms with van der Waals surface area (Å²) in [5, 5.41) is 1.85. The molecular formula is C5H12N2OS. The number of thiol groups is 1. The van der Waals surface area contributed by atoms with E-state index < -0.39 is 0 Å². The van der Waals surface area contributed by atoms with E-state index in [1.165, 1.54) is 0 Å². The van der Waals surface area contributed by atoms with Crippen LogP contribution in [-0.2, 0) is 4.28 Å². The molecule has 1 rings (SSSR count). The fraction of sp³-hybridized carbons (Fsp3) is 1.00. The highest BCUT2D eigenvalue weighted by Crippen LogP contribution is 1.99. The first-order valence-corrected chi connectivity index (χ1v) is 3.44. The summed E-state index contributed by atoms with van der Waals surface area (Å²) in [6.07, 6.45) is 0. The zero-order chi connectivity index (χ0) is 6.69. The molecule has 0 radical (unpaired) electrons. The van der Waals surface area contributed by atoms with E-state index in [0.717, 1.165) is 26.2 Å². The highest BCUT2D eigenvalue weighted by atomic mass is 32.1. The number of rotatable bonds is 1. The zero-order valence-electron chi connectivity index (χ0n) is 5.58. The van der Waals surface area contributed by atoms with E-state index in [-0.39, 0.29) is 0 Å². The van der Waals surface area contributed by atoms with Crippen molar-refractivity contribution in [1.29, 1.82) is 0 Å². The van der Waals surface area contributed by atoms with Crippen LogP contribution in [-0.4, -0.2) is 43.2 Å². The summed E-state index contributed by atoms with van der Waals surface area (Å²) in [6, 6.07) is 0. The predicted molar refractivity (Wildman–Crippen MR) is 39.1 cm³/mol. The molecule has 0 aliphatic carbocycles. The van der Waals surface area contributed by atoms with Crippen molar-refractivity contribution >= 4 is 12.9 Å². The fourth-order valence-electron chi connectivity index (χ4n) is 0.870. The van der Waals surface area contributed by atoms with Crippen LogP contribution >= 0.6 is 12.9 Å². The van der Waals surface area contributed by atoms with Gasteiger partial charge in [0.15, 0.2) is 0 Å². The van der Waals surface area contributed by atoms with Crippen LogP contribution in [0.1, 0.15) is 0 Å². The van der Waals surface area contributed by atoms with Crippen LogP contribution < -0.4 is 0 Å². The summed E-state index contributed by atoms with van der Waals surface area (Å²) in [5.74, 6) is 0. The first-order chi connectivity index (χ1) is 4.33. The standard InChI is InChI=1S/C5H12N2OS/c1-6-2-4-7(8-9)5-3-6/h9H,2-5H2,1H3. The number of hydroxylamine groups is 2. The molecular weight excluding hydrogens is 136 g/mol. The molecule has 1 aliphatic heterocycles. The quantitative estimate of drug-likeness (QED) is 0.417. The molecule has 0 spiro atoms. The molecule has 0 aromatic heterocycles. The highest BCUT2D eigenvalue weighted by Gasteiger charge is 2.12. The van der Waals surface area contributed by atoms with Crippen molar-refractivity contribution in [3.63, 3.8) is 0 Å². The SMILES string of the molecule is CN1CCN(OS)CC1. The number of piperazine rings is 1. The minimum Gasteiger partial charge on any atom is -0.304 e. The molecule has 1 aliphatic rings. The topological polar surface area (TPSA) is 15.7 Å². The first-order valence-electron chi connectivity index (χ1n) is 3.08. The van der Waals surface area contributed by atoms with Gasteiger partial charge in [0.1, 0.15) is 0 Å². The fourth-order valence-corrected chi connectivity index (χ4v) is 1.03. The van der Waals surface area contributed by atoms with Gasteiger partial charge >= 0.3 is 0 Å². The van der Waals surface area contributed by atoms with Crippen LogP contribution in [0.15, 0.2) is 0 Å². The van der Waals surface area contributed by atoms with Crippen LogP contribution in [0.5, 0.6) is 0 Å². The summed E-state index contributed by atoms with van der Waals surface area (Å²) in [5.41, 5.74) is 0. The summed E-state index contributed by atoms with van der Waals surface area (Å²) in [4.78, 5) is 2.27. The number of nitrogens with zero attached hydrogens (tertiary/aromatic N) is 2. The maximum atomic E-state index is 4.74. The van der Waals surface area contributed by atoms with Gasteiger partial charge < -0.3 is 4.90 Å². The van der Waals surface area contributed by atoms with E-state index in [1.54, 1.807) is 0 Å². The Morgan fingerprint density at radius 1 is 1.22 bits per heavy atom. The van der Waals surface area contributed by atoms with E-state index >= 15 is 0 Å². The zero-order valence-corrected chi connectivity index (χ0v) is 6.47. The summed E-state index contributed by atoms with van der Waals surface area (Å²) >= 11 is 3.70. The van der Waals surface area contributed by atoms with Crippen molar-refractivity contribution in [2.75, 3.05) is 33.2 Å². The van der Waals surface area contributed by atoms with Crippen LogP contribution in [0, 0.1) is 0 Å². The molecule has 1 heterocycles. The van der Waals surface area contributed by atoms with Gasteiger partial charge in [-0.25, -0.2) is 4.28 Å². The smallest absolute Gasteiger partial charge is 0.0380 e. The van der Waals surface area contributed by atoms with Crippen LogP contribution in [0.25, 0.3) is 0 Å². The van der Waals surface area contributed by atoms with Crippen molar-refractivity contribution in [3.05, 3.63) is 0 Å². The largest absolute Gasteiger partial charge is 0.304 e. The van der Waals surface area contributed by atoms with Crippen molar-refractivity contribution in [3.8, 4) is 0 Å². The number of hydrogen-bond acceptors (Lipinski definition) is 4. The van der Waals surface area contributed by atoms with E-state index in [2.05, 4.69) is 24.9 Å². The minimum atomic E-state index is 0.958. The van der Waals surface area contributed by atoms with Crippen molar-refractivity contribution in [2.24, 2.45) is 0 Å². The molecule has 9 heavy (non-hydrogen) atoms. The van der Waals surface area contributed by atoms with Gasteiger partial charge in [0.2, 0.25) is 0 Å². The normalized spacial score (nSPS) is 24.7. The summed E-state index contributed by atoms with van der Waals surface area (Å²) in [7, 11) is 2.11. The second-order valence-corrected chi connectivity index (χ2v) is 2.48. The van der Waals surface area contributed by atoms with Crippen LogP contribution in [0.2, 0.25) is 0 Å². The molecule has 0 bridgehead atoms. The van der Waals surface area contributed by atoms with Crippen molar-refractivity contribution in [1.82, 2.24) is 9.96 Å². The molecule has 0 saturated carbocycles. The van der Waals surface area contributed by atoms with Gasteiger partial charge in [0.25, 0.3) is 0 Å². The summed E-state index contributed by atoms with van der Waals surface area (Å²) < 4.78 is 4.74. The first kappa shape index (κ1) is 7.34. The molecule has 1 saturated heterocycles. The predicted octanol–water partition coefficient (Wildman–Crippen LogP) is 0.0102. The lowest BCUT2D eigenvalue weighted by molar-refractivity contribution is -0.0646. The molecule has 4 heteroatoms. The lowest BCUT2D eigenvalue weighted by Crippen LogP contribution is -2.42. The molecule has 0 aromatic rings. The Hall–Kier alpha value is 0.230. The van der Waals surface area contributed by atoms with Crippen molar-refractivity contribution < 1.29 is 4.28 Å². The third kappa shape index (κ3) is 2.14. The van der Waals surface area contributed by atoms with Gasteiger partial charge in [-0.3, -0.25) is 0 Å². The second-order valence-electron chi connectivity index (χ2n) is 2.31. The van der Waals surface area contributed by atoms with Gasteiger partial charge in [-0.15, -0.1) is 0 Å². The monoisotopic (exact) mass is 148 g/mol. The van der Waals surface area contributed by atoms with E-state index in [1.807, 2.05) is 5.06 Å².